The highest BCUT2D eigenvalue weighted by Gasteiger charge is 2.17. The van der Waals surface area contributed by atoms with Crippen LogP contribution in [-0.4, -0.2) is 29.0 Å². The summed E-state index contributed by atoms with van der Waals surface area (Å²) in [6.07, 6.45) is 3.57. The summed E-state index contributed by atoms with van der Waals surface area (Å²) in [6, 6.07) is 5.69. The van der Waals surface area contributed by atoms with Crippen molar-refractivity contribution in [2.45, 2.75) is 12.8 Å². The van der Waals surface area contributed by atoms with Crippen molar-refractivity contribution >= 4 is 29.0 Å². The second kappa shape index (κ2) is 6.27. The number of amides is 1. The molecule has 1 aliphatic heterocycles. The van der Waals surface area contributed by atoms with E-state index in [2.05, 4.69) is 20.2 Å². The molecule has 1 amide bonds. The van der Waals surface area contributed by atoms with Crippen molar-refractivity contribution < 1.29 is 9.18 Å². The number of rotatable bonds is 3. The molecule has 0 saturated carbocycles. The molecule has 0 radical (unpaired) electrons. The van der Waals surface area contributed by atoms with E-state index in [9.17, 15) is 9.18 Å². The first-order valence-corrected chi connectivity index (χ1v) is 7.35. The Morgan fingerprint density at radius 1 is 1.23 bits per heavy atom. The summed E-state index contributed by atoms with van der Waals surface area (Å²) in [6.45, 7) is 1.84. The van der Waals surface area contributed by atoms with Gasteiger partial charge in [0.1, 0.15) is 23.7 Å². The van der Waals surface area contributed by atoms with Gasteiger partial charge in [-0.3, -0.25) is 4.79 Å². The smallest absolute Gasteiger partial charge is 0.274 e. The summed E-state index contributed by atoms with van der Waals surface area (Å²) >= 11 is 5.69. The molecular weight excluding hydrogens is 307 g/mol. The number of benzene rings is 1. The molecule has 0 spiro atoms. The van der Waals surface area contributed by atoms with Crippen LogP contribution < -0.4 is 10.2 Å². The molecule has 0 unspecified atom stereocenters. The number of nitrogens with one attached hydrogen (secondary N) is 1. The zero-order valence-corrected chi connectivity index (χ0v) is 12.5. The van der Waals surface area contributed by atoms with Gasteiger partial charge in [0.05, 0.1) is 5.69 Å². The van der Waals surface area contributed by atoms with E-state index < -0.39 is 11.7 Å². The Morgan fingerprint density at radius 2 is 2.00 bits per heavy atom. The molecule has 2 heterocycles. The molecule has 1 N–H and O–H groups in total. The zero-order chi connectivity index (χ0) is 15.5. The number of carbonyl (C=O) groups excluding carboxylic acids is 1. The van der Waals surface area contributed by atoms with Crippen LogP contribution >= 0.6 is 11.6 Å². The summed E-state index contributed by atoms with van der Waals surface area (Å²) in [7, 11) is 0. The number of carbonyl (C=O) groups is 1. The molecule has 0 bridgehead atoms. The second-order valence-corrected chi connectivity index (χ2v) is 5.47. The van der Waals surface area contributed by atoms with E-state index in [-0.39, 0.29) is 16.4 Å². The first-order valence-electron chi connectivity index (χ1n) is 6.97. The van der Waals surface area contributed by atoms with E-state index in [0.717, 1.165) is 32.0 Å². The summed E-state index contributed by atoms with van der Waals surface area (Å²) < 4.78 is 13.7. The molecule has 7 heteroatoms. The Morgan fingerprint density at radius 3 is 2.73 bits per heavy atom. The number of hydrogen-bond donors (Lipinski definition) is 1. The van der Waals surface area contributed by atoms with Gasteiger partial charge in [-0.2, -0.15) is 0 Å². The Kier molecular flexibility index (Phi) is 4.20. The lowest BCUT2D eigenvalue weighted by molar-refractivity contribution is 0.102. The SMILES string of the molecule is O=C(Nc1ccc(Cl)cc1F)c1cc(N2CCCC2)ncn1. The van der Waals surface area contributed by atoms with Crippen LogP contribution in [0.5, 0.6) is 0 Å². The maximum absolute atomic E-state index is 13.7. The monoisotopic (exact) mass is 320 g/mol. The lowest BCUT2D eigenvalue weighted by Crippen LogP contribution is -2.21. The molecule has 114 valence electrons. The Bertz CT molecular complexity index is 704. The fraction of sp³-hybridized carbons (Fsp3) is 0.267. The fourth-order valence-electron chi connectivity index (χ4n) is 2.37. The average molecular weight is 321 g/mol. The van der Waals surface area contributed by atoms with Gasteiger partial charge in [0, 0.05) is 24.2 Å². The predicted molar refractivity (Wildman–Crippen MR) is 82.8 cm³/mol. The van der Waals surface area contributed by atoms with Crippen molar-refractivity contribution in [1.82, 2.24) is 9.97 Å². The summed E-state index contributed by atoms with van der Waals surface area (Å²) in [4.78, 5) is 22.4. The molecule has 2 aromatic rings. The quantitative estimate of drug-likeness (QED) is 0.944. The van der Waals surface area contributed by atoms with E-state index in [1.165, 1.54) is 18.5 Å². The van der Waals surface area contributed by atoms with Crippen LogP contribution in [0.15, 0.2) is 30.6 Å². The third-order valence-electron chi connectivity index (χ3n) is 3.49. The van der Waals surface area contributed by atoms with Crippen molar-refractivity contribution in [1.29, 1.82) is 0 Å². The van der Waals surface area contributed by atoms with Gasteiger partial charge in [-0.05, 0) is 31.0 Å². The summed E-state index contributed by atoms with van der Waals surface area (Å²) in [5.41, 5.74) is 0.266. The molecule has 1 aromatic carbocycles. The lowest BCUT2D eigenvalue weighted by Gasteiger charge is -2.16. The van der Waals surface area contributed by atoms with E-state index in [1.807, 2.05) is 0 Å². The normalized spacial score (nSPS) is 14.2. The van der Waals surface area contributed by atoms with E-state index in [1.54, 1.807) is 6.07 Å². The molecule has 1 fully saturated rings. The molecule has 22 heavy (non-hydrogen) atoms. The fourth-order valence-corrected chi connectivity index (χ4v) is 2.53. The average Bonchev–Trinajstić information content (AvgIpc) is 3.04. The van der Waals surface area contributed by atoms with Gasteiger partial charge in [-0.15, -0.1) is 0 Å². The van der Waals surface area contributed by atoms with Crippen LogP contribution in [0, 0.1) is 5.82 Å². The minimum absolute atomic E-state index is 0.0655. The number of aromatic nitrogens is 2. The predicted octanol–water partition coefficient (Wildman–Crippen LogP) is 3.12. The standard InChI is InChI=1S/C15H14ClFN4O/c16-10-3-4-12(11(17)7-10)20-15(22)13-8-14(19-9-18-13)21-5-1-2-6-21/h3-4,7-9H,1-2,5-6H2,(H,20,22). The van der Waals surface area contributed by atoms with Gasteiger partial charge < -0.3 is 10.2 Å². The molecule has 5 nitrogen and oxygen atoms in total. The van der Waals surface area contributed by atoms with Gasteiger partial charge >= 0.3 is 0 Å². The van der Waals surface area contributed by atoms with E-state index in [4.69, 9.17) is 11.6 Å². The van der Waals surface area contributed by atoms with Crippen molar-refractivity contribution in [2.75, 3.05) is 23.3 Å². The van der Waals surface area contributed by atoms with Gasteiger partial charge in [-0.25, -0.2) is 14.4 Å². The Balaban J connectivity index is 1.78. The molecule has 1 saturated heterocycles. The Hall–Kier alpha value is -2.21. The van der Waals surface area contributed by atoms with Crippen LogP contribution in [0.4, 0.5) is 15.9 Å². The van der Waals surface area contributed by atoms with Crippen LogP contribution in [0.25, 0.3) is 0 Å². The zero-order valence-electron chi connectivity index (χ0n) is 11.7. The number of hydrogen-bond acceptors (Lipinski definition) is 4. The highest BCUT2D eigenvalue weighted by molar-refractivity contribution is 6.30. The maximum Gasteiger partial charge on any atom is 0.274 e. The van der Waals surface area contributed by atoms with Gasteiger partial charge in [-0.1, -0.05) is 11.6 Å². The van der Waals surface area contributed by atoms with Crippen molar-refractivity contribution in [3.8, 4) is 0 Å². The van der Waals surface area contributed by atoms with Crippen LogP contribution in [-0.2, 0) is 0 Å². The molecule has 0 aliphatic carbocycles. The van der Waals surface area contributed by atoms with Crippen molar-refractivity contribution in [3.05, 3.63) is 47.1 Å². The highest BCUT2D eigenvalue weighted by atomic mass is 35.5. The molecular formula is C15H14ClFN4O. The van der Waals surface area contributed by atoms with Crippen molar-refractivity contribution in [2.24, 2.45) is 0 Å². The topological polar surface area (TPSA) is 58.1 Å². The van der Waals surface area contributed by atoms with Crippen LogP contribution in [0.2, 0.25) is 5.02 Å². The maximum atomic E-state index is 13.7. The van der Waals surface area contributed by atoms with Gasteiger partial charge in [0.2, 0.25) is 0 Å². The minimum Gasteiger partial charge on any atom is -0.357 e. The highest BCUT2D eigenvalue weighted by Crippen LogP contribution is 2.21. The minimum atomic E-state index is -0.588. The van der Waals surface area contributed by atoms with Crippen molar-refractivity contribution in [3.63, 3.8) is 0 Å². The first kappa shape index (κ1) is 14.7. The van der Waals surface area contributed by atoms with Gasteiger partial charge in [0.15, 0.2) is 0 Å². The van der Waals surface area contributed by atoms with E-state index in [0.29, 0.717) is 5.82 Å². The number of anilines is 2. The third kappa shape index (κ3) is 3.17. The number of nitrogens with zero attached hydrogens (tertiary/aromatic N) is 3. The molecule has 0 atom stereocenters. The molecule has 3 rings (SSSR count). The largest absolute Gasteiger partial charge is 0.357 e. The van der Waals surface area contributed by atoms with Gasteiger partial charge in [0.25, 0.3) is 5.91 Å². The van der Waals surface area contributed by atoms with E-state index >= 15 is 0 Å². The molecule has 1 aromatic heterocycles. The second-order valence-electron chi connectivity index (χ2n) is 5.03. The lowest BCUT2D eigenvalue weighted by atomic mass is 10.3. The first-order chi connectivity index (χ1) is 10.6. The van der Waals surface area contributed by atoms with Crippen LogP contribution in [0.3, 0.4) is 0 Å². The summed E-state index contributed by atoms with van der Waals surface area (Å²) in [5.74, 6) is -0.354. The third-order valence-corrected chi connectivity index (χ3v) is 3.73. The molecule has 1 aliphatic rings. The Labute approximate surface area is 132 Å². The van der Waals surface area contributed by atoms with Crippen LogP contribution in [0.1, 0.15) is 23.3 Å². The summed E-state index contributed by atoms with van der Waals surface area (Å²) in [5, 5.41) is 2.76. The number of halogens is 2.